The van der Waals surface area contributed by atoms with Gasteiger partial charge in [-0.3, -0.25) is 4.79 Å². The van der Waals surface area contributed by atoms with Gasteiger partial charge in [0, 0.05) is 5.57 Å². The van der Waals surface area contributed by atoms with Gasteiger partial charge in [0.15, 0.2) is 5.58 Å². The summed E-state index contributed by atoms with van der Waals surface area (Å²) in [7, 11) is 0. The van der Waals surface area contributed by atoms with Gasteiger partial charge in [0.1, 0.15) is 5.52 Å². The summed E-state index contributed by atoms with van der Waals surface area (Å²) in [5.41, 5.74) is 2.82. The van der Waals surface area contributed by atoms with E-state index in [1.54, 1.807) is 0 Å². The van der Waals surface area contributed by atoms with Crippen LogP contribution >= 0.6 is 0 Å². The number of para-hydroxylation sites is 2. The Morgan fingerprint density at radius 2 is 1.76 bits per heavy atom. The van der Waals surface area contributed by atoms with E-state index in [0.717, 1.165) is 16.3 Å². The van der Waals surface area contributed by atoms with Crippen molar-refractivity contribution >= 4 is 39.5 Å². The molecule has 4 rings (SSSR count). The van der Waals surface area contributed by atoms with Crippen LogP contribution in [-0.2, 0) is 4.79 Å². The van der Waals surface area contributed by atoms with E-state index in [1.165, 1.54) is 0 Å². The van der Waals surface area contributed by atoms with Gasteiger partial charge in [0.05, 0.1) is 6.42 Å². The van der Waals surface area contributed by atoms with E-state index in [9.17, 15) is 9.90 Å². The van der Waals surface area contributed by atoms with Crippen molar-refractivity contribution < 1.29 is 14.3 Å². The molecule has 1 N–H and O–H groups in total. The van der Waals surface area contributed by atoms with Crippen LogP contribution in [-0.4, -0.2) is 16.1 Å². The fraction of sp³-hybridized carbons (Fsp3) is 0.0476. The highest BCUT2D eigenvalue weighted by Crippen LogP contribution is 2.26. The Morgan fingerprint density at radius 3 is 2.56 bits per heavy atom. The van der Waals surface area contributed by atoms with Crippen LogP contribution < -0.4 is 0 Å². The Labute approximate surface area is 144 Å². The maximum atomic E-state index is 11.3. The van der Waals surface area contributed by atoms with Crippen LogP contribution in [0.5, 0.6) is 0 Å². The lowest BCUT2D eigenvalue weighted by molar-refractivity contribution is -0.135. The molecule has 4 heteroatoms. The second kappa shape index (κ2) is 6.24. The molecule has 122 valence electrons. The van der Waals surface area contributed by atoms with Gasteiger partial charge in [-0.2, -0.15) is 0 Å². The topological polar surface area (TPSA) is 63.3 Å². The van der Waals surface area contributed by atoms with Gasteiger partial charge in [-0.25, -0.2) is 4.98 Å². The van der Waals surface area contributed by atoms with Crippen LogP contribution in [0.3, 0.4) is 0 Å². The van der Waals surface area contributed by atoms with E-state index in [1.807, 2.05) is 72.8 Å². The molecule has 4 nitrogen and oxygen atoms in total. The van der Waals surface area contributed by atoms with E-state index < -0.39 is 5.97 Å². The summed E-state index contributed by atoms with van der Waals surface area (Å²) in [5.74, 6) is -0.578. The Balaban J connectivity index is 1.81. The van der Waals surface area contributed by atoms with Crippen molar-refractivity contribution in [3.8, 4) is 0 Å². The van der Waals surface area contributed by atoms with Crippen molar-refractivity contribution in [2.24, 2.45) is 0 Å². The normalized spacial score (nSPS) is 11.9. The van der Waals surface area contributed by atoms with Crippen molar-refractivity contribution in [1.29, 1.82) is 0 Å². The van der Waals surface area contributed by atoms with E-state index >= 15 is 0 Å². The number of oxazole rings is 1. The van der Waals surface area contributed by atoms with Crippen LogP contribution in [0.4, 0.5) is 0 Å². The first-order chi connectivity index (χ1) is 12.2. The molecule has 1 heterocycles. The smallest absolute Gasteiger partial charge is 0.308 e. The lowest BCUT2D eigenvalue weighted by Gasteiger charge is -2.03. The van der Waals surface area contributed by atoms with Gasteiger partial charge >= 0.3 is 5.97 Å². The first-order valence-electron chi connectivity index (χ1n) is 7.96. The number of fused-ring (bicyclic) bond motifs is 2. The fourth-order valence-corrected chi connectivity index (χ4v) is 2.86. The number of carbonyl (C=O) groups is 1. The molecular weight excluding hydrogens is 314 g/mol. The number of nitrogens with zero attached hydrogens (tertiary/aromatic N) is 1. The summed E-state index contributed by atoms with van der Waals surface area (Å²) in [5, 5.41) is 11.5. The van der Waals surface area contributed by atoms with Crippen molar-refractivity contribution in [1.82, 2.24) is 4.98 Å². The highest BCUT2D eigenvalue weighted by atomic mass is 16.4. The molecule has 3 aromatic carbocycles. The molecule has 25 heavy (non-hydrogen) atoms. The minimum absolute atomic E-state index is 0.153. The van der Waals surface area contributed by atoms with E-state index in [2.05, 4.69) is 4.98 Å². The number of carboxylic acid groups (broad SMARTS) is 1. The zero-order valence-corrected chi connectivity index (χ0v) is 13.3. The summed E-state index contributed by atoms with van der Waals surface area (Å²) in [6.07, 6.45) is 1.67. The largest absolute Gasteiger partial charge is 0.481 e. The lowest BCUT2D eigenvalue weighted by Crippen LogP contribution is -1.97. The first kappa shape index (κ1) is 15.1. The molecule has 0 spiro atoms. The number of hydrogen-bond donors (Lipinski definition) is 1. The molecule has 1 aromatic heterocycles. The summed E-state index contributed by atoms with van der Waals surface area (Å²) in [4.78, 5) is 15.7. The molecule has 0 radical (unpaired) electrons. The minimum Gasteiger partial charge on any atom is -0.481 e. The summed E-state index contributed by atoms with van der Waals surface area (Å²) in [6.45, 7) is 0. The molecule has 0 fully saturated rings. The minimum atomic E-state index is -0.922. The van der Waals surface area contributed by atoms with Gasteiger partial charge in [-0.15, -0.1) is 0 Å². The highest BCUT2D eigenvalue weighted by Gasteiger charge is 2.14. The van der Waals surface area contributed by atoms with Crippen LogP contribution in [0.2, 0.25) is 0 Å². The maximum Gasteiger partial charge on any atom is 0.308 e. The van der Waals surface area contributed by atoms with Gasteiger partial charge < -0.3 is 9.52 Å². The van der Waals surface area contributed by atoms with Crippen molar-refractivity contribution in [2.45, 2.75) is 6.42 Å². The predicted molar refractivity (Wildman–Crippen MR) is 98.1 cm³/mol. The molecule has 4 aromatic rings. The second-order valence-corrected chi connectivity index (χ2v) is 5.83. The molecule has 0 aliphatic rings. The van der Waals surface area contributed by atoms with E-state index in [-0.39, 0.29) is 6.42 Å². The Hall–Kier alpha value is -3.40. The molecule has 0 saturated carbocycles. The van der Waals surface area contributed by atoms with Gasteiger partial charge in [0.25, 0.3) is 0 Å². The number of aromatic nitrogens is 1. The quantitative estimate of drug-likeness (QED) is 0.572. The van der Waals surface area contributed by atoms with Crippen molar-refractivity contribution in [2.75, 3.05) is 0 Å². The summed E-state index contributed by atoms with van der Waals surface area (Å²) < 4.78 is 5.75. The maximum absolute atomic E-state index is 11.3. The third-order valence-corrected chi connectivity index (χ3v) is 4.02. The highest BCUT2D eigenvalue weighted by molar-refractivity contribution is 5.93. The van der Waals surface area contributed by atoms with Crippen LogP contribution in [0.1, 0.15) is 17.9 Å². The van der Waals surface area contributed by atoms with Crippen molar-refractivity contribution in [3.05, 3.63) is 78.2 Å². The monoisotopic (exact) mass is 329 g/mol. The molecular formula is C21H15NO3. The predicted octanol–water partition coefficient (Wildman–Crippen LogP) is 5.00. The number of benzene rings is 3. The number of hydrogen-bond acceptors (Lipinski definition) is 3. The third kappa shape index (κ3) is 3.15. The SMILES string of the molecule is O=C(O)C/C(=C\c1ccc2ccccc2c1)c1nc2ccccc2o1. The fourth-order valence-electron chi connectivity index (χ4n) is 2.86. The number of rotatable bonds is 4. The van der Waals surface area contributed by atoms with Crippen molar-refractivity contribution in [3.63, 3.8) is 0 Å². The first-order valence-corrected chi connectivity index (χ1v) is 7.96. The second-order valence-electron chi connectivity index (χ2n) is 5.83. The molecule has 0 unspecified atom stereocenters. The summed E-state index contributed by atoms with van der Waals surface area (Å²) in [6, 6.07) is 21.5. The molecule has 0 bridgehead atoms. The van der Waals surface area contributed by atoms with E-state index in [0.29, 0.717) is 22.6 Å². The molecule has 0 saturated heterocycles. The average molecular weight is 329 g/mol. The molecule has 0 aliphatic carbocycles. The van der Waals surface area contributed by atoms with Gasteiger partial charge in [-0.1, -0.05) is 48.5 Å². The molecule has 0 atom stereocenters. The average Bonchev–Trinajstić information content (AvgIpc) is 3.05. The molecule has 0 amide bonds. The zero-order chi connectivity index (χ0) is 17.2. The van der Waals surface area contributed by atoms with Crippen LogP contribution in [0, 0.1) is 0 Å². The number of aliphatic carboxylic acids is 1. The zero-order valence-electron chi connectivity index (χ0n) is 13.3. The van der Waals surface area contributed by atoms with Gasteiger partial charge in [-0.05, 0) is 40.6 Å². The Morgan fingerprint density at radius 1 is 1.00 bits per heavy atom. The Bertz CT molecular complexity index is 1080. The standard InChI is InChI=1S/C21H15NO3/c23-20(24)13-17(21-22-18-7-3-4-8-19(18)25-21)12-14-9-10-15-5-1-2-6-16(15)11-14/h1-12H,13H2,(H,23,24)/b17-12+. The summed E-state index contributed by atoms with van der Waals surface area (Å²) >= 11 is 0. The third-order valence-electron chi connectivity index (χ3n) is 4.02. The number of carboxylic acids is 1. The van der Waals surface area contributed by atoms with E-state index in [4.69, 9.17) is 4.42 Å². The lowest BCUT2D eigenvalue weighted by atomic mass is 10.0. The molecule has 0 aliphatic heterocycles. The Kier molecular flexibility index (Phi) is 3.78. The van der Waals surface area contributed by atoms with Gasteiger partial charge in [0.2, 0.25) is 5.89 Å². The van der Waals surface area contributed by atoms with Crippen LogP contribution in [0.25, 0.3) is 33.5 Å². The van der Waals surface area contributed by atoms with Crippen LogP contribution in [0.15, 0.2) is 71.1 Å².